The van der Waals surface area contributed by atoms with E-state index in [0.29, 0.717) is 18.5 Å². The average Bonchev–Trinajstić information content (AvgIpc) is 3.28. The molecule has 2 heterocycles. The Morgan fingerprint density at radius 2 is 1.55 bits per heavy atom. The molecule has 0 spiro atoms. The van der Waals surface area contributed by atoms with Crippen molar-refractivity contribution in [2.24, 2.45) is 0 Å². The van der Waals surface area contributed by atoms with Gasteiger partial charge in [0.2, 0.25) is 21.8 Å². The second-order valence-corrected chi connectivity index (χ2v) is 9.91. The molecular formula is C23H26N4O5S. The zero-order valence-electron chi connectivity index (χ0n) is 18.1. The predicted octanol–water partition coefficient (Wildman–Crippen LogP) is 1.08. The highest BCUT2D eigenvalue weighted by atomic mass is 32.2. The van der Waals surface area contributed by atoms with E-state index in [4.69, 9.17) is 0 Å². The van der Waals surface area contributed by atoms with Gasteiger partial charge in [0.05, 0.1) is 11.4 Å². The Hall–Kier alpha value is -3.24. The molecule has 4 rings (SSSR count). The van der Waals surface area contributed by atoms with Crippen molar-refractivity contribution < 1.29 is 22.8 Å². The first kappa shape index (κ1) is 22.9. The molecule has 2 saturated heterocycles. The molecule has 0 aliphatic carbocycles. The van der Waals surface area contributed by atoms with Crippen molar-refractivity contribution in [3.63, 3.8) is 0 Å². The second-order valence-electron chi connectivity index (χ2n) is 7.98. The fraction of sp³-hybridized carbons (Fsp3) is 0.348. The average molecular weight is 471 g/mol. The summed E-state index contributed by atoms with van der Waals surface area (Å²) in [4.78, 5) is 40.3. The summed E-state index contributed by atoms with van der Waals surface area (Å²) in [5, 5.41) is 2.62. The van der Waals surface area contributed by atoms with Crippen molar-refractivity contribution in [3.8, 4) is 0 Å². The number of nitrogens with one attached hydrogen (secondary N) is 1. The number of hydrogen-bond donors (Lipinski definition) is 1. The number of carbonyl (C=O) groups is 3. The van der Waals surface area contributed by atoms with Crippen molar-refractivity contribution in [1.82, 2.24) is 14.5 Å². The highest BCUT2D eigenvalue weighted by Crippen LogP contribution is 2.21. The second kappa shape index (κ2) is 9.72. The van der Waals surface area contributed by atoms with E-state index < -0.39 is 10.0 Å². The van der Waals surface area contributed by atoms with Crippen LogP contribution in [0.25, 0.3) is 0 Å². The maximum Gasteiger partial charge on any atom is 0.251 e. The largest absolute Gasteiger partial charge is 0.343 e. The van der Waals surface area contributed by atoms with E-state index >= 15 is 0 Å². The van der Waals surface area contributed by atoms with Crippen molar-refractivity contribution in [2.75, 3.05) is 44.2 Å². The van der Waals surface area contributed by atoms with Gasteiger partial charge in [0.15, 0.2) is 0 Å². The minimum atomic E-state index is -3.59. The zero-order chi connectivity index (χ0) is 23.4. The van der Waals surface area contributed by atoms with E-state index in [1.54, 1.807) is 64.4 Å². The molecule has 174 valence electrons. The number of nitrogens with zero attached hydrogens (tertiary/aromatic N) is 3. The Kier molecular flexibility index (Phi) is 6.75. The van der Waals surface area contributed by atoms with Crippen LogP contribution in [0.2, 0.25) is 0 Å². The van der Waals surface area contributed by atoms with Gasteiger partial charge in [0, 0.05) is 50.4 Å². The molecule has 0 radical (unpaired) electrons. The molecule has 33 heavy (non-hydrogen) atoms. The molecule has 0 unspecified atom stereocenters. The minimum Gasteiger partial charge on any atom is -0.343 e. The molecule has 0 saturated carbocycles. The molecular weight excluding hydrogens is 444 g/mol. The van der Waals surface area contributed by atoms with Gasteiger partial charge >= 0.3 is 0 Å². The number of piperazine rings is 1. The van der Waals surface area contributed by atoms with Crippen LogP contribution in [0.1, 0.15) is 23.2 Å². The summed E-state index contributed by atoms with van der Waals surface area (Å²) in [7, 11) is -3.59. The van der Waals surface area contributed by atoms with Crippen LogP contribution in [-0.4, -0.2) is 74.6 Å². The SMILES string of the molecule is O=C(NCC(=O)N1CCN(S(=O)(=O)c2ccccc2)CC1)c1ccc(N2CCCC2=O)cc1. The van der Waals surface area contributed by atoms with E-state index in [1.165, 1.54) is 4.31 Å². The first-order valence-electron chi connectivity index (χ1n) is 10.9. The Bertz CT molecular complexity index is 1130. The molecule has 0 atom stereocenters. The summed E-state index contributed by atoms with van der Waals surface area (Å²) in [6.07, 6.45) is 1.37. The highest BCUT2D eigenvalue weighted by Gasteiger charge is 2.30. The molecule has 2 aliphatic heterocycles. The molecule has 2 aromatic carbocycles. The molecule has 0 aromatic heterocycles. The number of anilines is 1. The lowest BCUT2D eigenvalue weighted by molar-refractivity contribution is -0.131. The van der Waals surface area contributed by atoms with Crippen LogP contribution in [0.4, 0.5) is 5.69 Å². The summed E-state index contributed by atoms with van der Waals surface area (Å²) < 4.78 is 26.8. The summed E-state index contributed by atoms with van der Waals surface area (Å²) in [5.41, 5.74) is 1.16. The molecule has 2 aromatic rings. The third-order valence-corrected chi connectivity index (χ3v) is 7.80. The number of rotatable bonds is 6. The lowest BCUT2D eigenvalue weighted by Gasteiger charge is -2.34. The lowest BCUT2D eigenvalue weighted by atomic mass is 10.2. The maximum absolute atomic E-state index is 12.7. The van der Waals surface area contributed by atoms with Gasteiger partial charge in [0.25, 0.3) is 5.91 Å². The van der Waals surface area contributed by atoms with E-state index in [-0.39, 0.29) is 55.3 Å². The van der Waals surface area contributed by atoms with Gasteiger partial charge in [-0.1, -0.05) is 18.2 Å². The van der Waals surface area contributed by atoms with Gasteiger partial charge in [-0.2, -0.15) is 4.31 Å². The summed E-state index contributed by atoms with van der Waals surface area (Å²) in [6, 6.07) is 14.9. The third kappa shape index (κ3) is 5.07. The van der Waals surface area contributed by atoms with E-state index in [1.807, 2.05) is 0 Å². The Balaban J connectivity index is 1.26. The van der Waals surface area contributed by atoms with Gasteiger partial charge < -0.3 is 15.1 Å². The summed E-state index contributed by atoms with van der Waals surface area (Å²) in [5.74, 6) is -0.568. The fourth-order valence-corrected chi connectivity index (χ4v) is 5.45. The van der Waals surface area contributed by atoms with E-state index in [9.17, 15) is 22.8 Å². The molecule has 3 amide bonds. The predicted molar refractivity (Wildman–Crippen MR) is 122 cm³/mol. The van der Waals surface area contributed by atoms with Crippen LogP contribution in [0.15, 0.2) is 59.5 Å². The Morgan fingerprint density at radius 1 is 0.879 bits per heavy atom. The summed E-state index contributed by atoms with van der Waals surface area (Å²) >= 11 is 0. The van der Waals surface area contributed by atoms with Crippen molar-refractivity contribution >= 4 is 33.4 Å². The first-order valence-corrected chi connectivity index (χ1v) is 12.3. The van der Waals surface area contributed by atoms with Gasteiger partial charge in [-0.15, -0.1) is 0 Å². The number of benzene rings is 2. The van der Waals surface area contributed by atoms with Crippen LogP contribution >= 0.6 is 0 Å². The van der Waals surface area contributed by atoms with Crippen molar-refractivity contribution in [3.05, 3.63) is 60.2 Å². The fourth-order valence-electron chi connectivity index (χ4n) is 4.00. The normalized spacial score (nSPS) is 17.3. The first-order chi connectivity index (χ1) is 15.9. The van der Waals surface area contributed by atoms with Gasteiger partial charge in [-0.05, 0) is 42.8 Å². The molecule has 1 N–H and O–H groups in total. The number of amides is 3. The standard InChI is InChI=1S/C23H26N4O5S/c28-21-7-4-12-27(21)19-10-8-18(9-11-19)23(30)24-17-22(29)25-13-15-26(16-14-25)33(31,32)20-5-2-1-3-6-20/h1-3,5-6,8-11H,4,7,12-17H2,(H,24,30). The van der Waals surface area contributed by atoms with Crippen molar-refractivity contribution in [1.29, 1.82) is 0 Å². The smallest absolute Gasteiger partial charge is 0.251 e. The minimum absolute atomic E-state index is 0.0782. The number of sulfonamides is 1. The molecule has 2 aliphatic rings. The highest BCUT2D eigenvalue weighted by molar-refractivity contribution is 7.89. The van der Waals surface area contributed by atoms with Gasteiger partial charge in [0.1, 0.15) is 0 Å². The maximum atomic E-state index is 12.7. The van der Waals surface area contributed by atoms with Crippen LogP contribution in [0.3, 0.4) is 0 Å². The van der Waals surface area contributed by atoms with Crippen LogP contribution in [0, 0.1) is 0 Å². The molecule has 0 bridgehead atoms. The quantitative estimate of drug-likeness (QED) is 0.680. The number of hydrogen-bond acceptors (Lipinski definition) is 5. The third-order valence-electron chi connectivity index (χ3n) is 5.89. The molecule has 10 heteroatoms. The van der Waals surface area contributed by atoms with Gasteiger partial charge in [-0.25, -0.2) is 8.42 Å². The molecule has 2 fully saturated rings. The lowest BCUT2D eigenvalue weighted by Crippen LogP contribution is -2.52. The van der Waals surface area contributed by atoms with Crippen molar-refractivity contribution in [2.45, 2.75) is 17.7 Å². The van der Waals surface area contributed by atoms with Crippen LogP contribution in [-0.2, 0) is 19.6 Å². The Labute approximate surface area is 193 Å². The molecule has 9 nitrogen and oxygen atoms in total. The van der Waals surface area contributed by atoms with E-state index in [2.05, 4.69) is 5.32 Å². The summed E-state index contributed by atoms with van der Waals surface area (Å²) in [6.45, 7) is 1.44. The monoisotopic (exact) mass is 470 g/mol. The van der Waals surface area contributed by atoms with E-state index in [0.717, 1.165) is 12.1 Å². The van der Waals surface area contributed by atoms with Crippen LogP contribution in [0.5, 0.6) is 0 Å². The number of carbonyl (C=O) groups excluding carboxylic acids is 3. The Morgan fingerprint density at radius 3 is 2.15 bits per heavy atom. The van der Waals surface area contributed by atoms with Gasteiger partial charge in [-0.3, -0.25) is 14.4 Å². The van der Waals surface area contributed by atoms with Crippen LogP contribution < -0.4 is 10.2 Å². The topological polar surface area (TPSA) is 107 Å². The zero-order valence-corrected chi connectivity index (χ0v) is 19.0.